The van der Waals surface area contributed by atoms with E-state index in [0.717, 1.165) is 24.4 Å². The fourth-order valence-electron chi connectivity index (χ4n) is 2.70. The van der Waals surface area contributed by atoms with Gasteiger partial charge in [0.1, 0.15) is 5.75 Å². The number of carbonyl (C=O) groups excluding carboxylic acids is 1. The molecule has 0 radical (unpaired) electrons. The molecule has 0 fully saturated rings. The molecule has 4 nitrogen and oxygen atoms in total. The molecule has 0 N–H and O–H groups in total. The van der Waals surface area contributed by atoms with Crippen LogP contribution < -0.4 is 4.74 Å². The topological polar surface area (TPSA) is 42.4 Å². The average Bonchev–Trinajstić information content (AvgIpc) is 2.62. The van der Waals surface area contributed by atoms with Crippen LogP contribution in [0.15, 0.2) is 48.7 Å². The SMILES string of the molecule is COc1ccc(C2=CCN(C(=O)c3ccc(C)nc3)CC2)cc1. The molecule has 0 unspecified atom stereocenters. The molecule has 2 heterocycles. The third-order valence-corrected chi connectivity index (χ3v) is 4.12. The number of rotatable bonds is 3. The van der Waals surface area contributed by atoms with Crippen LogP contribution in [0.5, 0.6) is 5.75 Å². The summed E-state index contributed by atoms with van der Waals surface area (Å²) in [6, 6.07) is 11.8. The first kappa shape index (κ1) is 15.3. The lowest BCUT2D eigenvalue weighted by molar-refractivity contribution is 0.0772. The van der Waals surface area contributed by atoms with E-state index in [1.807, 2.05) is 36.1 Å². The van der Waals surface area contributed by atoms with E-state index in [4.69, 9.17) is 4.74 Å². The van der Waals surface area contributed by atoms with Gasteiger partial charge in [0.2, 0.25) is 0 Å². The molecule has 0 atom stereocenters. The molecule has 1 aromatic carbocycles. The quantitative estimate of drug-likeness (QED) is 0.873. The third-order valence-electron chi connectivity index (χ3n) is 4.12. The molecule has 4 heteroatoms. The number of amides is 1. The van der Waals surface area contributed by atoms with E-state index in [9.17, 15) is 4.79 Å². The van der Waals surface area contributed by atoms with E-state index in [1.165, 1.54) is 11.1 Å². The summed E-state index contributed by atoms with van der Waals surface area (Å²) >= 11 is 0. The van der Waals surface area contributed by atoms with Crippen molar-refractivity contribution in [3.8, 4) is 5.75 Å². The van der Waals surface area contributed by atoms with Gasteiger partial charge in [-0.3, -0.25) is 9.78 Å². The number of aryl methyl sites for hydroxylation is 1. The molecular weight excluding hydrogens is 288 g/mol. The van der Waals surface area contributed by atoms with E-state index >= 15 is 0 Å². The summed E-state index contributed by atoms with van der Waals surface area (Å²) in [7, 11) is 1.66. The van der Waals surface area contributed by atoms with Crippen LogP contribution in [0.2, 0.25) is 0 Å². The van der Waals surface area contributed by atoms with Crippen molar-refractivity contribution in [1.82, 2.24) is 9.88 Å². The minimum absolute atomic E-state index is 0.0440. The molecule has 0 saturated heterocycles. The van der Waals surface area contributed by atoms with Crippen molar-refractivity contribution in [1.29, 1.82) is 0 Å². The van der Waals surface area contributed by atoms with Crippen molar-refractivity contribution in [3.63, 3.8) is 0 Å². The van der Waals surface area contributed by atoms with Crippen molar-refractivity contribution in [2.45, 2.75) is 13.3 Å². The second-order valence-electron chi connectivity index (χ2n) is 5.65. The Bertz CT molecular complexity index is 718. The molecule has 1 aliphatic heterocycles. The molecule has 0 aliphatic carbocycles. The summed E-state index contributed by atoms with van der Waals surface area (Å²) in [5.74, 6) is 0.899. The van der Waals surface area contributed by atoms with E-state index in [-0.39, 0.29) is 5.91 Å². The van der Waals surface area contributed by atoms with Crippen LogP contribution in [0.1, 0.15) is 28.0 Å². The van der Waals surface area contributed by atoms with E-state index in [1.54, 1.807) is 13.3 Å². The van der Waals surface area contributed by atoms with Gasteiger partial charge in [0.25, 0.3) is 5.91 Å². The number of aromatic nitrogens is 1. The van der Waals surface area contributed by atoms with Gasteiger partial charge in [-0.1, -0.05) is 18.2 Å². The molecule has 0 saturated carbocycles. The fourth-order valence-corrected chi connectivity index (χ4v) is 2.70. The molecule has 118 valence electrons. The Morgan fingerprint density at radius 2 is 1.96 bits per heavy atom. The van der Waals surface area contributed by atoms with E-state index in [0.29, 0.717) is 12.1 Å². The van der Waals surface area contributed by atoms with Crippen LogP contribution >= 0.6 is 0 Å². The first-order chi connectivity index (χ1) is 11.2. The minimum Gasteiger partial charge on any atom is -0.497 e. The van der Waals surface area contributed by atoms with Crippen LogP contribution in [-0.4, -0.2) is 36.0 Å². The van der Waals surface area contributed by atoms with E-state index < -0.39 is 0 Å². The molecule has 0 spiro atoms. The molecule has 23 heavy (non-hydrogen) atoms. The average molecular weight is 308 g/mol. The van der Waals surface area contributed by atoms with Gasteiger partial charge in [-0.2, -0.15) is 0 Å². The highest BCUT2D eigenvalue weighted by atomic mass is 16.5. The van der Waals surface area contributed by atoms with Crippen LogP contribution in [0.4, 0.5) is 0 Å². The van der Waals surface area contributed by atoms with Crippen molar-refractivity contribution >= 4 is 11.5 Å². The molecule has 1 amide bonds. The minimum atomic E-state index is 0.0440. The number of benzene rings is 1. The highest BCUT2D eigenvalue weighted by molar-refractivity contribution is 5.94. The van der Waals surface area contributed by atoms with Gasteiger partial charge in [-0.25, -0.2) is 0 Å². The first-order valence-electron chi connectivity index (χ1n) is 7.73. The first-order valence-corrected chi connectivity index (χ1v) is 7.73. The van der Waals surface area contributed by atoms with Gasteiger partial charge in [0, 0.05) is 25.0 Å². The van der Waals surface area contributed by atoms with Crippen molar-refractivity contribution in [2.24, 2.45) is 0 Å². The maximum Gasteiger partial charge on any atom is 0.255 e. The summed E-state index contributed by atoms with van der Waals surface area (Å²) in [5, 5.41) is 0. The summed E-state index contributed by atoms with van der Waals surface area (Å²) in [5.41, 5.74) is 4.03. The number of nitrogens with zero attached hydrogens (tertiary/aromatic N) is 2. The molecule has 3 rings (SSSR count). The lowest BCUT2D eigenvalue weighted by Gasteiger charge is -2.26. The normalized spacial score (nSPS) is 14.3. The van der Waals surface area contributed by atoms with Crippen LogP contribution in [0.3, 0.4) is 0 Å². The highest BCUT2D eigenvalue weighted by Crippen LogP contribution is 2.25. The zero-order valence-electron chi connectivity index (χ0n) is 13.5. The Kier molecular flexibility index (Phi) is 4.42. The van der Waals surface area contributed by atoms with Gasteiger partial charge in [0.05, 0.1) is 12.7 Å². The van der Waals surface area contributed by atoms with Gasteiger partial charge >= 0.3 is 0 Å². The molecule has 1 aromatic heterocycles. The van der Waals surface area contributed by atoms with Gasteiger partial charge in [-0.15, -0.1) is 0 Å². The van der Waals surface area contributed by atoms with Gasteiger partial charge in [-0.05, 0) is 48.7 Å². The standard InChI is InChI=1S/C19H20N2O2/c1-14-3-4-17(13-20-14)19(22)21-11-9-16(10-12-21)15-5-7-18(23-2)8-6-15/h3-9,13H,10-12H2,1-2H3. The van der Waals surface area contributed by atoms with E-state index in [2.05, 4.69) is 23.2 Å². The van der Waals surface area contributed by atoms with Gasteiger partial charge < -0.3 is 9.64 Å². The molecule has 0 bridgehead atoms. The maximum absolute atomic E-state index is 12.5. The Hall–Kier alpha value is -2.62. The second kappa shape index (κ2) is 6.65. The lowest BCUT2D eigenvalue weighted by Crippen LogP contribution is -2.34. The molecule has 1 aliphatic rings. The number of carbonyl (C=O) groups is 1. The summed E-state index contributed by atoms with van der Waals surface area (Å²) < 4.78 is 5.18. The summed E-state index contributed by atoms with van der Waals surface area (Å²) in [6.07, 6.45) is 4.64. The number of hydrogen-bond donors (Lipinski definition) is 0. The van der Waals surface area contributed by atoms with Crippen LogP contribution in [-0.2, 0) is 0 Å². The lowest BCUT2D eigenvalue weighted by atomic mass is 9.99. The number of pyridine rings is 1. The Balaban J connectivity index is 1.69. The Morgan fingerprint density at radius 3 is 2.52 bits per heavy atom. The van der Waals surface area contributed by atoms with Gasteiger partial charge in [0.15, 0.2) is 0 Å². The zero-order valence-corrected chi connectivity index (χ0v) is 13.5. The summed E-state index contributed by atoms with van der Waals surface area (Å²) in [4.78, 5) is 18.5. The number of methoxy groups -OCH3 is 1. The van der Waals surface area contributed by atoms with Crippen molar-refractivity contribution < 1.29 is 9.53 Å². The molecule has 2 aromatic rings. The second-order valence-corrected chi connectivity index (χ2v) is 5.65. The number of hydrogen-bond acceptors (Lipinski definition) is 3. The van der Waals surface area contributed by atoms with Crippen molar-refractivity contribution in [2.75, 3.05) is 20.2 Å². The Morgan fingerprint density at radius 1 is 1.17 bits per heavy atom. The smallest absolute Gasteiger partial charge is 0.255 e. The van der Waals surface area contributed by atoms with Crippen molar-refractivity contribution in [3.05, 3.63) is 65.5 Å². The number of ether oxygens (including phenoxy) is 1. The maximum atomic E-state index is 12.5. The predicted molar refractivity (Wildman–Crippen MR) is 90.5 cm³/mol. The highest BCUT2D eigenvalue weighted by Gasteiger charge is 2.19. The Labute approximate surface area is 136 Å². The largest absolute Gasteiger partial charge is 0.497 e. The fraction of sp³-hybridized carbons (Fsp3) is 0.263. The van der Waals surface area contributed by atoms with Crippen LogP contribution in [0.25, 0.3) is 5.57 Å². The predicted octanol–water partition coefficient (Wildman–Crippen LogP) is 3.33. The summed E-state index contributed by atoms with van der Waals surface area (Å²) in [6.45, 7) is 3.28. The van der Waals surface area contributed by atoms with Crippen LogP contribution in [0, 0.1) is 6.92 Å². The molecular formula is C19H20N2O2. The third kappa shape index (κ3) is 3.42. The zero-order chi connectivity index (χ0) is 16.2. The monoisotopic (exact) mass is 308 g/mol.